The number of unbranched alkanes of at least 4 members (excludes halogenated alkanes) is 2. The second-order valence-electron chi connectivity index (χ2n) is 3.61. The third-order valence-corrected chi connectivity index (χ3v) is 4.27. The van der Waals surface area contributed by atoms with E-state index in [1.165, 1.54) is 6.07 Å². The molecule has 1 atom stereocenters. The Morgan fingerprint density at radius 1 is 1.44 bits per heavy atom. The molecule has 0 heterocycles. The fourth-order valence-corrected chi connectivity index (χ4v) is 3.27. The lowest BCUT2D eigenvalue weighted by atomic mass is 10.2. The predicted molar refractivity (Wildman–Crippen MR) is 71.8 cm³/mol. The van der Waals surface area contributed by atoms with E-state index in [-0.39, 0.29) is 5.56 Å². The Labute approximate surface area is 116 Å². The zero-order valence-corrected chi connectivity index (χ0v) is 12.0. The lowest BCUT2D eigenvalue weighted by Crippen LogP contribution is -2.07. The van der Waals surface area contributed by atoms with Crippen molar-refractivity contribution >= 4 is 32.7 Å². The Balaban J connectivity index is 2.81. The minimum Gasteiger partial charge on any atom is -0.478 e. The highest BCUT2D eigenvalue weighted by Crippen LogP contribution is 2.21. The molecular formula is C12H12BrNO3S. The standard InChI is InChI=1S/C12H12BrNO3S/c13-9-4-5-10(12(15)16)11(8-9)18(17)7-3-1-2-6-14/h4-5,8H,1-3,7H2,(H,15,16). The van der Waals surface area contributed by atoms with Crippen LogP contribution in [0.4, 0.5) is 0 Å². The van der Waals surface area contributed by atoms with Crippen molar-refractivity contribution in [1.29, 1.82) is 5.26 Å². The number of nitrogens with zero attached hydrogens (tertiary/aromatic N) is 1. The number of carbonyl (C=O) groups is 1. The largest absolute Gasteiger partial charge is 0.478 e. The molecule has 1 unspecified atom stereocenters. The molecule has 0 aliphatic rings. The van der Waals surface area contributed by atoms with Gasteiger partial charge in [-0.3, -0.25) is 4.21 Å². The van der Waals surface area contributed by atoms with Gasteiger partial charge in [-0.15, -0.1) is 0 Å². The number of nitriles is 1. The molecule has 4 nitrogen and oxygen atoms in total. The molecule has 0 spiro atoms. The number of halogens is 1. The van der Waals surface area contributed by atoms with E-state index < -0.39 is 16.8 Å². The Hall–Kier alpha value is -1.19. The zero-order chi connectivity index (χ0) is 13.5. The number of aromatic carboxylic acids is 1. The lowest BCUT2D eigenvalue weighted by Gasteiger charge is -2.06. The van der Waals surface area contributed by atoms with Gasteiger partial charge in [-0.1, -0.05) is 15.9 Å². The van der Waals surface area contributed by atoms with Crippen LogP contribution in [-0.4, -0.2) is 21.0 Å². The van der Waals surface area contributed by atoms with Crippen LogP contribution >= 0.6 is 15.9 Å². The van der Waals surface area contributed by atoms with Crippen LogP contribution in [0.3, 0.4) is 0 Å². The van der Waals surface area contributed by atoms with Crippen molar-refractivity contribution in [3.63, 3.8) is 0 Å². The normalized spacial score (nSPS) is 11.8. The Morgan fingerprint density at radius 3 is 2.78 bits per heavy atom. The molecule has 0 aromatic heterocycles. The first kappa shape index (κ1) is 14.9. The van der Waals surface area contributed by atoms with Crippen molar-refractivity contribution in [3.8, 4) is 6.07 Å². The second-order valence-corrected chi connectivity index (χ2v) is 6.07. The summed E-state index contributed by atoms with van der Waals surface area (Å²) >= 11 is 3.24. The van der Waals surface area contributed by atoms with Gasteiger partial charge in [0, 0.05) is 16.6 Å². The van der Waals surface area contributed by atoms with Gasteiger partial charge in [0.15, 0.2) is 0 Å². The average molecular weight is 330 g/mol. The van der Waals surface area contributed by atoms with E-state index in [0.717, 1.165) is 0 Å². The third kappa shape index (κ3) is 4.24. The maximum atomic E-state index is 12.0. The first-order valence-electron chi connectivity index (χ1n) is 5.34. The van der Waals surface area contributed by atoms with Crippen LogP contribution in [0.1, 0.15) is 29.6 Å². The highest BCUT2D eigenvalue weighted by atomic mass is 79.9. The van der Waals surface area contributed by atoms with Crippen molar-refractivity contribution in [2.75, 3.05) is 5.75 Å². The summed E-state index contributed by atoms with van der Waals surface area (Å²) in [7, 11) is -1.35. The topological polar surface area (TPSA) is 78.2 Å². The number of hydrogen-bond donors (Lipinski definition) is 1. The van der Waals surface area contributed by atoms with E-state index in [4.69, 9.17) is 10.4 Å². The summed E-state index contributed by atoms with van der Waals surface area (Å²) in [5.41, 5.74) is 0.0665. The monoisotopic (exact) mass is 329 g/mol. The van der Waals surface area contributed by atoms with Crippen molar-refractivity contribution < 1.29 is 14.1 Å². The molecule has 0 amide bonds. The zero-order valence-electron chi connectivity index (χ0n) is 9.56. The van der Waals surface area contributed by atoms with Crippen LogP contribution < -0.4 is 0 Å². The van der Waals surface area contributed by atoms with Gasteiger partial charge in [-0.2, -0.15) is 5.26 Å². The molecule has 1 N–H and O–H groups in total. The molecule has 0 bridgehead atoms. The Bertz CT molecular complexity index is 511. The predicted octanol–water partition coefficient (Wildman–Crippen LogP) is 2.95. The van der Waals surface area contributed by atoms with E-state index in [1.54, 1.807) is 12.1 Å². The molecule has 96 valence electrons. The van der Waals surface area contributed by atoms with Crippen LogP contribution in [0.2, 0.25) is 0 Å². The first-order valence-corrected chi connectivity index (χ1v) is 7.45. The van der Waals surface area contributed by atoms with E-state index in [1.807, 2.05) is 6.07 Å². The van der Waals surface area contributed by atoms with Crippen molar-refractivity contribution in [1.82, 2.24) is 0 Å². The van der Waals surface area contributed by atoms with Crippen LogP contribution in [0.25, 0.3) is 0 Å². The van der Waals surface area contributed by atoms with Crippen LogP contribution in [0.5, 0.6) is 0 Å². The molecule has 0 radical (unpaired) electrons. The molecule has 1 aromatic carbocycles. The smallest absolute Gasteiger partial charge is 0.336 e. The van der Waals surface area contributed by atoms with E-state index in [9.17, 15) is 9.00 Å². The highest BCUT2D eigenvalue weighted by molar-refractivity contribution is 9.10. The van der Waals surface area contributed by atoms with Crippen molar-refractivity contribution in [3.05, 3.63) is 28.2 Å². The van der Waals surface area contributed by atoms with E-state index in [2.05, 4.69) is 15.9 Å². The van der Waals surface area contributed by atoms with Crippen molar-refractivity contribution in [2.24, 2.45) is 0 Å². The van der Waals surface area contributed by atoms with Crippen molar-refractivity contribution in [2.45, 2.75) is 24.2 Å². The molecule has 0 fully saturated rings. The molecule has 0 saturated heterocycles. The number of rotatable bonds is 6. The van der Waals surface area contributed by atoms with Gasteiger partial charge in [0.1, 0.15) is 0 Å². The first-order chi connectivity index (χ1) is 8.56. The number of hydrogen-bond acceptors (Lipinski definition) is 3. The summed E-state index contributed by atoms with van der Waals surface area (Å²) < 4.78 is 12.7. The molecule has 1 aromatic rings. The van der Waals surface area contributed by atoms with Gasteiger partial charge >= 0.3 is 5.97 Å². The summed E-state index contributed by atoms with van der Waals surface area (Å²) in [6.07, 6.45) is 1.76. The maximum absolute atomic E-state index is 12.0. The van der Waals surface area contributed by atoms with Gasteiger partial charge in [-0.05, 0) is 31.0 Å². The second kappa shape index (κ2) is 7.29. The Morgan fingerprint density at radius 2 is 2.17 bits per heavy atom. The number of carboxylic acid groups (broad SMARTS) is 1. The highest BCUT2D eigenvalue weighted by Gasteiger charge is 2.15. The minimum atomic E-state index is -1.35. The molecule has 18 heavy (non-hydrogen) atoms. The molecule has 0 aliphatic carbocycles. The number of benzene rings is 1. The summed E-state index contributed by atoms with van der Waals surface area (Å²) in [5, 5.41) is 17.4. The summed E-state index contributed by atoms with van der Waals surface area (Å²) in [4.78, 5) is 11.3. The lowest BCUT2D eigenvalue weighted by molar-refractivity contribution is 0.0693. The Kier molecular flexibility index (Phi) is 6.02. The number of carboxylic acids is 1. The van der Waals surface area contributed by atoms with Gasteiger partial charge in [0.2, 0.25) is 0 Å². The molecule has 0 saturated carbocycles. The quantitative estimate of drug-likeness (QED) is 0.814. The fraction of sp³-hybridized carbons (Fsp3) is 0.333. The summed E-state index contributed by atoms with van der Waals surface area (Å²) in [6.45, 7) is 0. The van der Waals surface area contributed by atoms with Gasteiger partial charge < -0.3 is 5.11 Å². The molecule has 6 heteroatoms. The van der Waals surface area contributed by atoms with Crippen LogP contribution in [0.15, 0.2) is 27.6 Å². The van der Waals surface area contributed by atoms with Gasteiger partial charge in [0.25, 0.3) is 0 Å². The van der Waals surface area contributed by atoms with Crippen LogP contribution in [-0.2, 0) is 10.8 Å². The molecule has 0 aliphatic heterocycles. The summed E-state index contributed by atoms with van der Waals surface area (Å²) in [5.74, 6) is -0.707. The van der Waals surface area contributed by atoms with Gasteiger partial charge in [0.05, 0.1) is 27.3 Å². The average Bonchev–Trinajstić information content (AvgIpc) is 2.34. The minimum absolute atomic E-state index is 0.0665. The van der Waals surface area contributed by atoms with E-state index >= 15 is 0 Å². The van der Waals surface area contributed by atoms with E-state index in [0.29, 0.717) is 34.4 Å². The molecular weight excluding hydrogens is 318 g/mol. The maximum Gasteiger partial charge on any atom is 0.336 e. The van der Waals surface area contributed by atoms with Gasteiger partial charge in [-0.25, -0.2) is 4.79 Å². The molecule has 1 rings (SSSR count). The van der Waals surface area contributed by atoms with Crippen LogP contribution in [0, 0.1) is 11.3 Å². The fourth-order valence-electron chi connectivity index (χ4n) is 1.41. The third-order valence-electron chi connectivity index (χ3n) is 2.29. The SMILES string of the molecule is N#CCCCCS(=O)c1cc(Br)ccc1C(=O)O. The summed E-state index contributed by atoms with van der Waals surface area (Å²) in [6, 6.07) is 6.64.